The summed E-state index contributed by atoms with van der Waals surface area (Å²) in [6.07, 6.45) is 1.48. The Kier molecular flexibility index (Phi) is 13.1. The number of carbonyl (C=O) groups excluding carboxylic acids is 5. The fraction of sp³-hybridized carbons (Fsp3) is 0.517. The zero-order valence-electron chi connectivity index (χ0n) is 24.6. The molecule has 0 radical (unpaired) electrons. The van der Waals surface area contributed by atoms with Gasteiger partial charge in [-0.2, -0.15) is 0 Å². The number of amides is 5. The average molecular weight is 587 g/mol. The highest BCUT2D eigenvalue weighted by molar-refractivity contribution is 6.00. The summed E-state index contributed by atoms with van der Waals surface area (Å²) in [6.45, 7) is 7.24. The highest BCUT2D eigenvalue weighted by Gasteiger charge is 2.30. The number of fused-ring (bicyclic) bond motifs is 1. The Balaban J connectivity index is 2.24. The van der Waals surface area contributed by atoms with E-state index in [2.05, 4.69) is 21.3 Å². The van der Waals surface area contributed by atoms with Crippen LogP contribution in [0.5, 0.6) is 0 Å². The maximum absolute atomic E-state index is 13.4. The molecular weight excluding hydrogens is 544 g/mol. The van der Waals surface area contributed by atoms with Gasteiger partial charge >= 0.3 is 5.63 Å². The molecule has 0 spiro atoms. The predicted octanol–water partition coefficient (Wildman–Crippen LogP) is 0.955. The minimum absolute atomic E-state index is 0.00341. The van der Waals surface area contributed by atoms with Gasteiger partial charge in [0.25, 0.3) is 0 Å². The molecule has 3 atom stereocenters. The van der Waals surface area contributed by atoms with Gasteiger partial charge in [0.15, 0.2) is 0 Å². The first-order chi connectivity index (χ1) is 19.8. The van der Waals surface area contributed by atoms with Crippen molar-refractivity contribution in [3.05, 3.63) is 40.2 Å². The van der Waals surface area contributed by atoms with Crippen LogP contribution < -0.4 is 38.4 Å². The fourth-order valence-electron chi connectivity index (χ4n) is 4.44. The molecule has 0 saturated heterocycles. The maximum Gasteiger partial charge on any atom is 0.336 e. The molecular formula is C29H42N6O7. The van der Waals surface area contributed by atoms with Gasteiger partial charge in [-0.15, -0.1) is 0 Å². The Morgan fingerprint density at radius 2 is 1.52 bits per heavy atom. The number of hydrogen-bond donors (Lipinski definition) is 6. The average Bonchev–Trinajstić information content (AvgIpc) is 2.89. The Labute approximate surface area is 244 Å². The molecule has 0 aliphatic heterocycles. The van der Waals surface area contributed by atoms with Gasteiger partial charge in [0, 0.05) is 36.6 Å². The third-order valence-corrected chi connectivity index (χ3v) is 6.51. The summed E-state index contributed by atoms with van der Waals surface area (Å²) in [5, 5.41) is 11.3. The molecule has 1 heterocycles. The number of rotatable bonds is 16. The molecule has 0 aliphatic carbocycles. The molecule has 2 aromatic rings. The van der Waals surface area contributed by atoms with Gasteiger partial charge in [-0.25, -0.2) is 4.79 Å². The molecule has 13 nitrogen and oxygen atoms in total. The van der Waals surface area contributed by atoms with Crippen molar-refractivity contribution < 1.29 is 28.4 Å². The Bertz CT molecular complexity index is 1340. The van der Waals surface area contributed by atoms with E-state index < -0.39 is 53.3 Å². The minimum Gasteiger partial charge on any atom is -0.423 e. The van der Waals surface area contributed by atoms with E-state index in [9.17, 15) is 28.8 Å². The van der Waals surface area contributed by atoms with Crippen LogP contribution in [-0.2, 0) is 24.0 Å². The number of hydrogen-bond acceptors (Lipinski definition) is 8. The SMILES string of the molecule is CC(=O)N[C@@H](CCCCN)C(=O)N[C@@H](CCC(N)=O)C(=O)N[C@@H](CC(C)C)C(=O)Nc1ccc2c(C)cc(=O)oc2c1. The van der Waals surface area contributed by atoms with E-state index in [0.717, 1.165) is 5.56 Å². The van der Waals surface area contributed by atoms with E-state index in [1.54, 1.807) is 19.1 Å². The lowest BCUT2D eigenvalue weighted by molar-refractivity contribution is -0.133. The lowest BCUT2D eigenvalue weighted by atomic mass is 10.0. The summed E-state index contributed by atoms with van der Waals surface area (Å²) in [5.41, 5.74) is 11.7. The van der Waals surface area contributed by atoms with E-state index in [4.69, 9.17) is 15.9 Å². The van der Waals surface area contributed by atoms with Crippen molar-refractivity contribution in [3.63, 3.8) is 0 Å². The Morgan fingerprint density at radius 1 is 0.881 bits per heavy atom. The molecule has 13 heteroatoms. The van der Waals surface area contributed by atoms with Crippen molar-refractivity contribution in [1.29, 1.82) is 0 Å². The second-order valence-electron chi connectivity index (χ2n) is 10.7. The van der Waals surface area contributed by atoms with Gasteiger partial charge in [-0.3, -0.25) is 24.0 Å². The van der Waals surface area contributed by atoms with Gasteiger partial charge in [-0.1, -0.05) is 13.8 Å². The zero-order chi connectivity index (χ0) is 31.4. The first kappa shape index (κ1) is 33.9. The molecule has 5 amide bonds. The summed E-state index contributed by atoms with van der Waals surface area (Å²) in [7, 11) is 0. The Hall–Kier alpha value is -4.26. The number of primary amides is 1. The summed E-state index contributed by atoms with van der Waals surface area (Å²) >= 11 is 0. The molecule has 0 unspecified atom stereocenters. The second kappa shape index (κ2) is 16.2. The number of anilines is 1. The van der Waals surface area contributed by atoms with Crippen LogP contribution in [0.25, 0.3) is 11.0 Å². The molecule has 1 aromatic carbocycles. The predicted molar refractivity (Wildman–Crippen MR) is 158 cm³/mol. The number of nitrogens with two attached hydrogens (primary N) is 2. The second-order valence-corrected chi connectivity index (χ2v) is 10.7. The highest BCUT2D eigenvalue weighted by Crippen LogP contribution is 2.21. The molecule has 230 valence electrons. The van der Waals surface area contributed by atoms with Crippen LogP contribution in [0, 0.1) is 12.8 Å². The van der Waals surface area contributed by atoms with Crippen molar-refractivity contribution >= 4 is 46.2 Å². The quantitative estimate of drug-likeness (QED) is 0.123. The van der Waals surface area contributed by atoms with Crippen molar-refractivity contribution in [2.75, 3.05) is 11.9 Å². The van der Waals surface area contributed by atoms with Gasteiger partial charge in [0.1, 0.15) is 23.7 Å². The van der Waals surface area contributed by atoms with Crippen LogP contribution in [0.3, 0.4) is 0 Å². The van der Waals surface area contributed by atoms with Crippen LogP contribution >= 0.6 is 0 Å². The normalized spacial score (nSPS) is 13.2. The summed E-state index contributed by atoms with van der Waals surface area (Å²) in [5.74, 6) is -2.90. The highest BCUT2D eigenvalue weighted by atomic mass is 16.4. The van der Waals surface area contributed by atoms with Crippen molar-refractivity contribution in [3.8, 4) is 0 Å². The lowest BCUT2D eigenvalue weighted by Gasteiger charge is -2.26. The van der Waals surface area contributed by atoms with Crippen LogP contribution in [0.1, 0.15) is 64.9 Å². The van der Waals surface area contributed by atoms with E-state index in [1.165, 1.54) is 19.1 Å². The number of nitrogens with one attached hydrogen (secondary N) is 4. The molecule has 0 bridgehead atoms. The van der Waals surface area contributed by atoms with Gasteiger partial charge in [0.05, 0.1) is 0 Å². The number of benzene rings is 1. The summed E-state index contributed by atoms with van der Waals surface area (Å²) < 4.78 is 5.26. The van der Waals surface area contributed by atoms with Gasteiger partial charge in [0.2, 0.25) is 29.5 Å². The lowest BCUT2D eigenvalue weighted by Crippen LogP contribution is -2.56. The van der Waals surface area contributed by atoms with Gasteiger partial charge in [-0.05, 0) is 69.2 Å². The molecule has 0 fully saturated rings. The Morgan fingerprint density at radius 3 is 2.12 bits per heavy atom. The van der Waals surface area contributed by atoms with E-state index >= 15 is 0 Å². The van der Waals surface area contributed by atoms with E-state index in [0.29, 0.717) is 42.5 Å². The van der Waals surface area contributed by atoms with Gasteiger partial charge < -0.3 is 37.2 Å². The van der Waals surface area contributed by atoms with Crippen molar-refractivity contribution in [2.45, 2.75) is 84.3 Å². The van der Waals surface area contributed by atoms with Crippen LogP contribution in [0.2, 0.25) is 0 Å². The topological polar surface area (TPSA) is 216 Å². The molecule has 8 N–H and O–H groups in total. The standard InChI is InChI=1S/C29H42N6O7/c1-16(2)13-23(29(41)33-19-8-9-20-17(3)14-26(38)42-24(20)15-19)35-28(40)22(10-11-25(31)37)34-27(39)21(32-18(4)36)7-5-6-12-30/h8-9,14-16,21-23H,5-7,10-13,30H2,1-4H3,(H2,31,37)(H,32,36)(H,33,41)(H,34,39)(H,35,40)/t21-,22-,23-/m0/s1. The van der Waals surface area contributed by atoms with Crippen LogP contribution in [0.15, 0.2) is 33.5 Å². The number of unbranched alkanes of at least 4 members (excludes halogenated alkanes) is 1. The first-order valence-corrected chi connectivity index (χ1v) is 14.0. The maximum atomic E-state index is 13.4. The largest absolute Gasteiger partial charge is 0.423 e. The van der Waals surface area contributed by atoms with E-state index in [-0.39, 0.29) is 25.2 Å². The van der Waals surface area contributed by atoms with E-state index in [1.807, 2.05) is 13.8 Å². The molecule has 42 heavy (non-hydrogen) atoms. The monoisotopic (exact) mass is 586 g/mol. The van der Waals surface area contributed by atoms with Crippen molar-refractivity contribution in [1.82, 2.24) is 16.0 Å². The van der Waals surface area contributed by atoms with Crippen LogP contribution in [-0.4, -0.2) is 54.2 Å². The van der Waals surface area contributed by atoms with Crippen LogP contribution in [0.4, 0.5) is 5.69 Å². The summed E-state index contributed by atoms with van der Waals surface area (Å²) in [6, 6.07) is 3.17. The first-order valence-electron chi connectivity index (χ1n) is 14.0. The molecule has 0 aliphatic rings. The molecule has 0 saturated carbocycles. The summed E-state index contributed by atoms with van der Waals surface area (Å²) in [4.78, 5) is 74.7. The number of aryl methyl sites for hydroxylation is 1. The fourth-order valence-corrected chi connectivity index (χ4v) is 4.44. The molecule has 1 aromatic heterocycles. The third kappa shape index (κ3) is 11.0. The zero-order valence-corrected chi connectivity index (χ0v) is 24.6. The molecule has 2 rings (SSSR count). The third-order valence-electron chi connectivity index (χ3n) is 6.51. The smallest absolute Gasteiger partial charge is 0.336 e. The minimum atomic E-state index is -1.20. The van der Waals surface area contributed by atoms with Crippen molar-refractivity contribution in [2.24, 2.45) is 17.4 Å². The number of carbonyl (C=O) groups is 5.